The summed E-state index contributed by atoms with van der Waals surface area (Å²) in [6.07, 6.45) is 1.60. The first-order chi connectivity index (χ1) is 12.1. The molecule has 0 unspecified atom stereocenters. The van der Waals surface area contributed by atoms with E-state index in [1.54, 1.807) is 43.6 Å². The first-order valence-corrected chi connectivity index (χ1v) is 8.22. The van der Waals surface area contributed by atoms with Crippen LogP contribution in [0.2, 0.25) is 0 Å². The molecule has 3 aromatic rings. The summed E-state index contributed by atoms with van der Waals surface area (Å²) in [5.41, 5.74) is 0. The number of anilines is 1. The van der Waals surface area contributed by atoms with E-state index < -0.39 is 0 Å². The van der Waals surface area contributed by atoms with Gasteiger partial charge in [-0.25, -0.2) is 4.98 Å². The molecule has 2 heterocycles. The fraction of sp³-hybridized carbons (Fsp3) is 0.111. The maximum atomic E-state index is 12.2. The Morgan fingerprint density at radius 2 is 2.04 bits per heavy atom. The summed E-state index contributed by atoms with van der Waals surface area (Å²) in [5.74, 6) is 2.16. The first kappa shape index (κ1) is 17.0. The Labute approximate surface area is 152 Å². The number of nitrogens with one attached hydrogen (secondary N) is 1. The van der Waals surface area contributed by atoms with Gasteiger partial charge in [0.25, 0.3) is 5.91 Å². The Morgan fingerprint density at radius 1 is 1.20 bits per heavy atom. The van der Waals surface area contributed by atoms with Gasteiger partial charge in [0, 0.05) is 16.7 Å². The highest BCUT2D eigenvalue weighted by molar-refractivity contribution is 9.10. The number of furan rings is 1. The summed E-state index contributed by atoms with van der Waals surface area (Å²) in [6, 6.07) is 14.0. The average Bonchev–Trinajstić information content (AvgIpc) is 3.11. The number of hydrogen-bond donors (Lipinski definition) is 1. The third kappa shape index (κ3) is 4.60. The minimum absolute atomic E-state index is 0.189. The number of ether oxygens (including phenoxy) is 2. The second-order valence-electron chi connectivity index (χ2n) is 5.05. The maximum Gasteiger partial charge on any atom is 0.292 e. The number of methoxy groups -OCH3 is 1. The van der Waals surface area contributed by atoms with Gasteiger partial charge in [-0.2, -0.15) is 0 Å². The lowest BCUT2D eigenvalue weighted by Crippen LogP contribution is -2.11. The van der Waals surface area contributed by atoms with Crippen molar-refractivity contribution in [1.29, 1.82) is 0 Å². The molecule has 6 nitrogen and oxygen atoms in total. The van der Waals surface area contributed by atoms with Gasteiger partial charge in [0.2, 0.25) is 0 Å². The standard InChI is InChI=1S/C18H15BrN2O4/c1-23-13-3-2-4-14(9-13)24-11-15-6-7-16(25-15)18(22)21-17-8-5-12(19)10-20-17/h2-10H,11H2,1H3,(H,20,21,22). The SMILES string of the molecule is COc1cccc(OCc2ccc(C(=O)Nc3ccc(Br)cn3)o2)c1. The van der Waals surface area contributed by atoms with E-state index >= 15 is 0 Å². The molecule has 3 rings (SSSR count). The fourth-order valence-corrected chi connectivity index (χ4v) is 2.29. The van der Waals surface area contributed by atoms with E-state index in [9.17, 15) is 4.79 Å². The normalized spacial score (nSPS) is 10.3. The molecule has 25 heavy (non-hydrogen) atoms. The van der Waals surface area contributed by atoms with E-state index in [0.717, 1.165) is 4.47 Å². The molecule has 128 valence electrons. The number of nitrogens with zero attached hydrogens (tertiary/aromatic N) is 1. The van der Waals surface area contributed by atoms with Gasteiger partial charge in [0.1, 0.15) is 29.7 Å². The van der Waals surface area contributed by atoms with E-state index in [1.165, 1.54) is 0 Å². The van der Waals surface area contributed by atoms with Crippen molar-refractivity contribution in [1.82, 2.24) is 4.98 Å². The highest BCUT2D eigenvalue weighted by Crippen LogP contribution is 2.20. The second kappa shape index (κ2) is 7.85. The number of pyridine rings is 1. The number of carbonyl (C=O) groups is 1. The lowest BCUT2D eigenvalue weighted by molar-refractivity contribution is 0.0992. The monoisotopic (exact) mass is 402 g/mol. The van der Waals surface area contributed by atoms with Crippen LogP contribution in [0, 0.1) is 0 Å². The van der Waals surface area contributed by atoms with E-state index in [2.05, 4.69) is 26.2 Å². The zero-order valence-corrected chi connectivity index (χ0v) is 14.9. The van der Waals surface area contributed by atoms with E-state index in [4.69, 9.17) is 13.9 Å². The minimum atomic E-state index is -0.373. The predicted octanol–water partition coefficient (Wildman–Crippen LogP) is 4.28. The van der Waals surface area contributed by atoms with Crippen molar-refractivity contribution in [3.63, 3.8) is 0 Å². The molecule has 1 amide bonds. The van der Waals surface area contributed by atoms with Gasteiger partial charge >= 0.3 is 0 Å². The van der Waals surface area contributed by atoms with Crippen molar-refractivity contribution in [2.45, 2.75) is 6.61 Å². The molecule has 0 fully saturated rings. The summed E-state index contributed by atoms with van der Waals surface area (Å²) >= 11 is 3.29. The molecule has 0 radical (unpaired) electrons. The molecular formula is C18H15BrN2O4. The molecule has 0 aliphatic rings. The third-order valence-electron chi connectivity index (χ3n) is 3.28. The van der Waals surface area contributed by atoms with Gasteiger partial charge in [0.05, 0.1) is 7.11 Å². The van der Waals surface area contributed by atoms with Crippen molar-refractivity contribution < 1.29 is 18.7 Å². The Balaban J connectivity index is 1.59. The lowest BCUT2D eigenvalue weighted by Gasteiger charge is -2.06. The molecule has 0 spiro atoms. The van der Waals surface area contributed by atoms with Gasteiger partial charge in [-0.05, 0) is 52.3 Å². The summed E-state index contributed by atoms with van der Waals surface area (Å²) in [7, 11) is 1.59. The summed E-state index contributed by atoms with van der Waals surface area (Å²) in [5, 5.41) is 2.67. The Bertz CT molecular complexity index is 862. The predicted molar refractivity (Wildman–Crippen MR) is 95.9 cm³/mol. The number of amides is 1. The zero-order valence-electron chi connectivity index (χ0n) is 13.4. The number of rotatable bonds is 6. The largest absolute Gasteiger partial charge is 0.497 e. The number of halogens is 1. The van der Waals surface area contributed by atoms with Crippen LogP contribution in [0.25, 0.3) is 0 Å². The van der Waals surface area contributed by atoms with Crippen LogP contribution in [0.4, 0.5) is 5.82 Å². The summed E-state index contributed by atoms with van der Waals surface area (Å²) in [6.45, 7) is 0.205. The summed E-state index contributed by atoms with van der Waals surface area (Å²) in [4.78, 5) is 16.2. The van der Waals surface area contributed by atoms with Crippen LogP contribution in [0.5, 0.6) is 11.5 Å². The Kier molecular flexibility index (Phi) is 5.35. The van der Waals surface area contributed by atoms with Crippen molar-refractivity contribution in [3.8, 4) is 11.5 Å². The van der Waals surface area contributed by atoms with Gasteiger partial charge in [-0.3, -0.25) is 4.79 Å². The summed E-state index contributed by atoms with van der Waals surface area (Å²) < 4.78 is 17.1. The molecule has 0 aliphatic heterocycles. The Hall–Kier alpha value is -2.80. The Morgan fingerprint density at radius 3 is 2.80 bits per heavy atom. The molecule has 0 aliphatic carbocycles. The molecule has 0 saturated carbocycles. The molecule has 2 aromatic heterocycles. The zero-order chi connectivity index (χ0) is 17.6. The lowest BCUT2D eigenvalue weighted by atomic mass is 10.3. The maximum absolute atomic E-state index is 12.2. The van der Waals surface area contributed by atoms with Crippen molar-refractivity contribution in [2.75, 3.05) is 12.4 Å². The highest BCUT2D eigenvalue weighted by Gasteiger charge is 2.12. The molecule has 0 atom stereocenters. The van der Waals surface area contributed by atoms with Crippen molar-refractivity contribution in [3.05, 3.63) is 70.7 Å². The van der Waals surface area contributed by atoms with Gasteiger partial charge in [-0.15, -0.1) is 0 Å². The van der Waals surface area contributed by atoms with Crippen LogP contribution in [0.3, 0.4) is 0 Å². The first-order valence-electron chi connectivity index (χ1n) is 7.42. The van der Waals surface area contributed by atoms with E-state index in [-0.39, 0.29) is 18.3 Å². The highest BCUT2D eigenvalue weighted by atomic mass is 79.9. The van der Waals surface area contributed by atoms with Gasteiger partial charge in [-0.1, -0.05) is 6.07 Å². The quantitative estimate of drug-likeness (QED) is 0.665. The van der Waals surface area contributed by atoms with Crippen LogP contribution >= 0.6 is 15.9 Å². The van der Waals surface area contributed by atoms with Crippen LogP contribution in [-0.4, -0.2) is 18.0 Å². The smallest absolute Gasteiger partial charge is 0.292 e. The molecule has 1 N–H and O–H groups in total. The van der Waals surface area contributed by atoms with Crippen molar-refractivity contribution in [2.24, 2.45) is 0 Å². The van der Waals surface area contributed by atoms with Gasteiger partial charge in [0.15, 0.2) is 5.76 Å². The second-order valence-corrected chi connectivity index (χ2v) is 5.97. The number of hydrogen-bond acceptors (Lipinski definition) is 5. The van der Waals surface area contributed by atoms with Crippen LogP contribution in [0.1, 0.15) is 16.3 Å². The van der Waals surface area contributed by atoms with E-state index in [0.29, 0.717) is 23.1 Å². The number of aromatic nitrogens is 1. The molecule has 0 saturated heterocycles. The molecule has 1 aromatic carbocycles. The third-order valence-corrected chi connectivity index (χ3v) is 3.75. The number of benzene rings is 1. The fourth-order valence-electron chi connectivity index (χ4n) is 2.05. The minimum Gasteiger partial charge on any atom is -0.497 e. The molecule has 7 heteroatoms. The van der Waals surface area contributed by atoms with E-state index in [1.807, 2.05) is 18.2 Å². The van der Waals surface area contributed by atoms with Crippen LogP contribution in [-0.2, 0) is 6.61 Å². The van der Waals surface area contributed by atoms with Crippen LogP contribution in [0.15, 0.2) is 63.6 Å². The average molecular weight is 403 g/mol. The molecule has 0 bridgehead atoms. The van der Waals surface area contributed by atoms with Crippen molar-refractivity contribution >= 4 is 27.7 Å². The van der Waals surface area contributed by atoms with Crippen LogP contribution < -0.4 is 14.8 Å². The van der Waals surface area contributed by atoms with Gasteiger partial charge < -0.3 is 19.2 Å². The topological polar surface area (TPSA) is 73.6 Å². The number of carbonyl (C=O) groups excluding carboxylic acids is 1. The molecular weight excluding hydrogens is 388 g/mol.